The van der Waals surface area contributed by atoms with Crippen molar-refractivity contribution in [1.82, 2.24) is 10.6 Å². The van der Waals surface area contributed by atoms with Gasteiger partial charge in [-0.1, -0.05) is 32.0 Å². The molecule has 0 aliphatic carbocycles. The van der Waals surface area contributed by atoms with Gasteiger partial charge in [-0.15, -0.1) is 0 Å². The Kier molecular flexibility index (Phi) is 5.74. The number of amides is 2. The number of nitrogens with one attached hydrogen (secondary N) is 2. The summed E-state index contributed by atoms with van der Waals surface area (Å²) < 4.78 is 16.4. The van der Waals surface area contributed by atoms with E-state index >= 15 is 0 Å². The molecule has 1 aliphatic rings. The van der Waals surface area contributed by atoms with Gasteiger partial charge in [0.15, 0.2) is 11.5 Å². The van der Waals surface area contributed by atoms with Crippen LogP contribution in [0.5, 0.6) is 17.2 Å². The lowest BCUT2D eigenvalue weighted by molar-refractivity contribution is 0.171. The summed E-state index contributed by atoms with van der Waals surface area (Å²) in [5.41, 5.74) is 1.85. The first-order valence-corrected chi connectivity index (χ1v) is 9.03. The Morgan fingerprint density at radius 3 is 2.44 bits per heavy atom. The number of ether oxygens (including phenoxy) is 3. The number of hydrogen-bond donors (Lipinski definition) is 2. The average molecular weight is 370 g/mol. The van der Waals surface area contributed by atoms with Crippen LogP contribution in [0.1, 0.15) is 25.0 Å². The third-order valence-electron chi connectivity index (χ3n) is 4.63. The third kappa shape index (κ3) is 4.84. The van der Waals surface area contributed by atoms with Crippen LogP contribution in [0.25, 0.3) is 0 Å². The van der Waals surface area contributed by atoms with E-state index in [0.717, 1.165) is 28.4 Å². The second-order valence-corrected chi connectivity index (χ2v) is 7.13. The number of carbonyl (C=O) groups is 1. The lowest BCUT2D eigenvalue weighted by atomic mass is 9.84. The Hall–Kier alpha value is -2.89. The van der Waals surface area contributed by atoms with Crippen molar-refractivity contribution in [2.45, 2.75) is 25.8 Å². The van der Waals surface area contributed by atoms with E-state index in [2.05, 4.69) is 24.5 Å². The Morgan fingerprint density at radius 2 is 1.74 bits per heavy atom. The molecule has 2 amide bonds. The Morgan fingerprint density at radius 1 is 1.04 bits per heavy atom. The van der Waals surface area contributed by atoms with Crippen LogP contribution in [0.3, 0.4) is 0 Å². The highest BCUT2D eigenvalue weighted by atomic mass is 16.6. The van der Waals surface area contributed by atoms with Crippen molar-refractivity contribution in [2.75, 3.05) is 26.9 Å². The van der Waals surface area contributed by atoms with Crippen molar-refractivity contribution >= 4 is 6.03 Å². The summed E-state index contributed by atoms with van der Waals surface area (Å²) in [4.78, 5) is 12.2. The van der Waals surface area contributed by atoms with Crippen molar-refractivity contribution in [3.8, 4) is 17.2 Å². The van der Waals surface area contributed by atoms with Crippen LogP contribution in [-0.4, -0.2) is 32.9 Å². The molecule has 6 heteroatoms. The molecule has 1 heterocycles. The lowest BCUT2D eigenvalue weighted by Crippen LogP contribution is -2.42. The zero-order valence-electron chi connectivity index (χ0n) is 16.0. The highest BCUT2D eigenvalue weighted by Crippen LogP contribution is 2.34. The molecule has 0 spiro atoms. The fourth-order valence-corrected chi connectivity index (χ4v) is 2.86. The van der Waals surface area contributed by atoms with Gasteiger partial charge in [-0.2, -0.15) is 0 Å². The molecule has 3 rings (SSSR count). The summed E-state index contributed by atoms with van der Waals surface area (Å²) in [7, 11) is 1.63. The van der Waals surface area contributed by atoms with Gasteiger partial charge in [0.05, 0.1) is 7.11 Å². The van der Waals surface area contributed by atoms with Crippen LogP contribution in [0.4, 0.5) is 4.79 Å². The first kappa shape index (κ1) is 18.9. The molecule has 0 saturated heterocycles. The highest BCUT2D eigenvalue weighted by Gasteiger charge is 2.24. The second-order valence-electron chi connectivity index (χ2n) is 7.13. The van der Waals surface area contributed by atoms with Gasteiger partial charge in [-0.05, 0) is 35.4 Å². The first-order chi connectivity index (χ1) is 13.0. The molecular formula is C21H26N2O4. The van der Waals surface area contributed by atoms with Gasteiger partial charge in [0.2, 0.25) is 0 Å². The summed E-state index contributed by atoms with van der Waals surface area (Å²) in [6.07, 6.45) is 0. The van der Waals surface area contributed by atoms with Crippen LogP contribution in [0.2, 0.25) is 0 Å². The van der Waals surface area contributed by atoms with Crippen LogP contribution in [0, 0.1) is 0 Å². The molecule has 144 valence electrons. The predicted octanol–water partition coefficient (Wildman–Crippen LogP) is 3.24. The van der Waals surface area contributed by atoms with Crippen molar-refractivity contribution in [2.24, 2.45) is 0 Å². The maximum absolute atomic E-state index is 12.2. The Balaban J connectivity index is 1.52. The van der Waals surface area contributed by atoms with Crippen molar-refractivity contribution in [3.63, 3.8) is 0 Å². The largest absolute Gasteiger partial charge is 0.497 e. The van der Waals surface area contributed by atoms with E-state index in [1.165, 1.54) is 0 Å². The summed E-state index contributed by atoms with van der Waals surface area (Å²) in [6.45, 7) is 6.26. The minimum absolute atomic E-state index is 0.198. The van der Waals surface area contributed by atoms with Gasteiger partial charge in [0.25, 0.3) is 0 Å². The predicted molar refractivity (Wildman–Crippen MR) is 104 cm³/mol. The van der Waals surface area contributed by atoms with Crippen LogP contribution in [-0.2, 0) is 12.0 Å². The highest BCUT2D eigenvalue weighted by molar-refractivity contribution is 5.74. The second kappa shape index (κ2) is 8.20. The molecular weight excluding hydrogens is 344 g/mol. The molecule has 0 saturated carbocycles. The molecule has 0 atom stereocenters. The number of benzene rings is 2. The number of urea groups is 1. The maximum atomic E-state index is 12.2. The minimum atomic E-state index is -0.243. The summed E-state index contributed by atoms with van der Waals surface area (Å²) in [6, 6.07) is 13.3. The molecule has 0 fully saturated rings. The molecule has 0 radical (unpaired) electrons. The summed E-state index contributed by atoms with van der Waals surface area (Å²) >= 11 is 0. The summed E-state index contributed by atoms with van der Waals surface area (Å²) in [5, 5.41) is 5.82. The standard InChI is InChI=1S/C21H26N2O4/c1-21(2,16-6-9-18-19(12-16)27-11-10-26-18)14-23-20(24)22-13-15-4-7-17(25-3)8-5-15/h4-9,12H,10-11,13-14H2,1-3H3,(H2,22,23,24). The van der Waals surface area contributed by atoms with E-state index in [4.69, 9.17) is 14.2 Å². The summed E-state index contributed by atoms with van der Waals surface area (Å²) in [5.74, 6) is 2.33. The van der Waals surface area contributed by atoms with E-state index in [1.807, 2.05) is 42.5 Å². The quantitative estimate of drug-likeness (QED) is 0.819. The number of hydrogen-bond acceptors (Lipinski definition) is 4. The molecule has 0 bridgehead atoms. The molecule has 0 unspecified atom stereocenters. The topological polar surface area (TPSA) is 68.8 Å². The van der Waals surface area contributed by atoms with Gasteiger partial charge in [0.1, 0.15) is 19.0 Å². The van der Waals surface area contributed by atoms with Crippen LogP contribution in [0.15, 0.2) is 42.5 Å². The fraction of sp³-hybridized carbons (Fsp3) is 0.381. The SMILES string of the molecule is COc1ccc(CNC(=O)NCC(C)(C)c2ccc3c(c2)OCCO3)cc1. The van der Waals surface area contributed by atoms with E-state index in [0.29, 0.717) is 26.3 Å². The monoisotopic (exact) mass is 370 g/mol. The van der Waals surface area contributed by atoms with Crippen molar-refractivity contribution < 1.29 is 19.0 Å². The van der Waals surface area contributed by atoms with Crippen LogP contribution < -0.4 is 24.8 Å². The van der Waals surface area contributed by atoms with Crippen LogP contribution >= 0.6 is 0 Å². The van der Waals surface area contributed by atoms with E-state index in [1.54, 1.807) is 7.11 Å². The molecule has 2 aromatic rings. The number of rotatable bonds is 6. The van der Waals surface area contributed by atoms with Crippen molar-refractivity contribution in [1.29, 1.82) is 0 Å². The normalized spacial score (nSPS) is 13.0. The molecule has 1 aliphatic heterocycles. The maximum Gasteiger partial charge on any atom is 0.315 e. The Labute approximate surface area is 159 Å². The lowest BCUT2D eigenvalue weighted by Gasteiger charge is -2.28. The van der Waals surface area contributed by atoms with E-state index < -0.39 is 0 Å². The van der Waals surface area contributed by atoms with Gasteiger partial charge in [-0.3, -0.25) is 0 Å². The molecule has 0 aromatic heterocycles. The Bertz CT molecular complexity index is 787. The van der Waals surface area contributed by atoms with Gasteiger partial charge >= 0.3 is 6.03 Å². The van der Waals surface area contributed by atoms with E-state index in [-0.39, 0.29) is 11.4 Å². The fourth-order valence-electron chi connectivity index (χ4n) is 2.86. The van der Waals surface area contributed by atoms with Gasteiger partial charge in [0, 0.05) is 18.5 Å². The number of carbonyl (C=O) groups excluding carboxylic acids is 1. The molecule has 27 heavy (non-hydrogen) atoms. The van der Waals surface area contributed by atoms with Gasteiger partial charge in [-0.25, -0.2) is 4.79 Å². The number of methoxy groups -OCH3 is 1. The first-order valence-electron chi connectivity index (χ1n) is 9.03. The molecule has 2 aromatic carbocycles. The van der Waals surface area contributed by atoms with Gasteiger partial charge < -0.3 is 24.8 Å². The van der Waals surface area contributed by atoms with E-state index in [9.17, 15) is 4.79 Å². The minimum Gasteiger partial charge on any atom is -0.497 e. The number of fused-ring (bicyclic) bond motifs is 1. The molecule has 2 N–H and O–H groups in total. The third-order valence-corrected chi connectivity index (χ3v) is 4.63. The molecule has 6 nitrogen and oxygen atoms in total. The zero-order valence-corrected chi connectivity index (χ0v) is 16.0. The van der Waals surface area contributed by atoms with Crippen molar-refractivity contribution in [3.05, 3.63) is 53.6 Å². The zero-order chi connectivity index (χ0) is 19.3. The average Bonchev–Trinajstić information content (AvgIpc) is 2.70. The smallest absolute Gasteiger partial charge is 0.315 e.